The van der Waals surface area contributed by atoms with Crippen molar-refractivity contribution in [2.75, 3.05) is 6.54 Å². The largest absolute Gasteiger partial charge is 0.365 e. The lowest BCUT2D eigenvalue weighted by Gasteiger charge is -2.51. The maximum Gasteiger partial charge on any atom is 0.251 e. The number of carbonyl (C=O) groups is 1. The minimum atomic E-state index is -0.243. The number of rotatable bonds is 5. The van der Waals surface area contributed by atoms with Gasteiger partial charge < -0.3 is 15.8 Å². The summed E-state index contributed by atoms with van der Waals surface area (Å²) in [5.74, 6) is -0.0161. The fourth-order valence-electron chi connectivity index (χ4n) is 5.53. The van der Waals surface area contributed by atoms with Gasteiger partial charge in [-0.3, -0.25) is 9.48 Å². The predicted molar refractivity (Wildman–Crippen MR) is 106 cm³/mol. The Morgan fingerprint density at radius 3 is 2.68 bits per heavy atom. The van der Waals surface area contributed by atoms with Gasteiger partial charge in [0.1, 0.15) is 0 Å². The van der Waals surface area contributed by atoms with Crippen LogP contribution in [0.1, 0.15) is 59.4 Å². The van der Waals surface area contributed by atoms with Gasteiger partial charge >= 0.3 is 0 Å². The number of hydrogen-bond donors (Lipinski definition) is 2. The lowest BCUT2D eigenvalue weighted by atomic mass is 9.56. The van der Waals surface area contributed by atoms with Crippen molar-refractivity contribution in [1.29, 1.82) is 0 Å². The number of amides is 1. The van der Waals surface area contributed by atoms with Crippen LogP contribution in [0.2, 0.25) is 0 Å². The van der Waals surface area contributed by atoms with Gasteiger partial charge in [-0.05, 0) is 56.9 Å². The molecule has 2 saturated carbocycles. The van der Waals surface area contributed by atoms with E-state index < -0.39 is 0 Å². The van der Waals surface area contributed by atoms with Crippen molar-refractivity contribution in [3.63, 3.8) is 0 Å². The van der Waals surface area contributed by atoms with Crippen LogP contribution in [0, 0.1) is 13.8 Å². The second-order valence-corrected chi connectivity index (χ2v) is 9.01. The first kappa shape index (κ1) is 17.9. The summed E-state index contributed by atoms with van der Waals surface area (Å²) >= 11 is 0. The highest BCUT2D eigenvalue weighted by molar-refractivity contribution is 5.95. The molecule has 4 fully saturated rings. The van der Waals surface area contributed by atoms with E-state index in [1.807, 2.05) is 42.8 Å². The molecule has 1 aromatic carbocycles. The monoisotopic (exact) mass is 380 g/mol. The fraction of sp³-hybridized carbons (Fsp3) is 0.545. The van der Waals surface area contributed by atoms with Gasteiger partial charge in [0, 0.05) is 30.6 Å². The number of ether oxygens (including phenoxy) is 1. The Morgan fingerprint density at radius 1 is 1.29 bits per heavy atom. The summed E-state index contributed by atoms with van der Waals surface area (Å²) in [6.45, 7) is 5.24. The summed E-state index contributed by atoms with van der Waals surface area (Å²) in [6, 6.07) is 9.91. The minimum absolute atomic E-state index is 0.0161. The molecule has 2 aliphatic heterocycles. The average molecular weight is 380 g/mol. The van der Waals surface area contributed by atoms with Crippen LogP contribution >= 0.6 is 0 Å². The summed E-state index contributed by atoms with van der Waals surface area (Å²) in [7, 11) is 0. The van der Waals surface area contributed by atoms with Gasteiger partial charge in [0.25, 0.3) is 5.91 Å². The van der Waals surface area contributed by atoms with Crippen molar-refractivity contribution in [1.82, 2.24) is 15.1 Å². The first-order valence-corrected chi connectivity index (χ1v) is 10.2. The van der Waals surface area contributed by atoms with Gasteiger partial charge in [0.05, 0.1) is 29.0 Å². The molecule has 3 heterocycles. The molecule has 1 aromatic heterocycles. The third kappa shape index (κ3) is 2.47. The summed E-state index contributed by atoms with van der Waals surface area (Å²) in [4.78, 5) is 13.1. The topological polar surface area (TPSA) is 82.2 Å². The molecule has 6 heteroatoms. The first-order valence-electron chi connectivity index (χ1n) is 10.2. The standard InChI is InChI=1S/C22H28N4O2/c1-15-9-16(2)26(25-15)11-17-5-3-6-18(10-17)19(27)24-21-12-20(13-21,14-23)28-22(21)7-4-8-22/h3,5-6,9-10H,4,7-8,11-14,23H2,1-2H3,(H,24,27). The van der Waals surface area contributed by atoms with Crippen LogP contribution in [0.15, 0.2) is 30.3 Å². The molecule has 28 heavy (non-hydrogen) atoms. The van der Waals surface area contributed by atoms with Crippen LogP contribution in [0.4, 0.5) is 0 Å². The molecule has 2 aliphatic carbocycles. The highest BCUT2D eigenvalue weighted by Crippen LogP contribution is 2.66. The number of carbonyl (C=O) groups excluding carboxylic acids is 1. The molecule has 0 atom stereocenters. The maximum absolute atomic E-state index is 13.1. The Balaban J connectivity index is 1.34. The van der Waals surface area contributed by atoms with Crippen LogP contribution in [0.25, 0.3) is 0 Å². The number of nitrogens with zero attached hydrogens (tertiary/aromatic N) is 2. The number of nitrogens with one attached hydrogen (secondary N) is 1. The van der Waals surface area contributed by atoms with Crippen LogP contribution in [0.3, 0.4) is 0 Å². The van der Waals surface area contributed by atoms with E-state index in [1.165, 1.54) is 0 Å². The molecule has 148 valence electrons. The third-order valence-electron chi connectivity index (χ3n) is 7.04. The zero-order valence-electron chi connectivity index (χ0n) is 16.6. The SMILES string of the molecule is Cc1cc(C)n(Cc2cccc(C(=O)NC34CC(CN)(C3)OC43CCC3)c2)n1. The zero-order chi connectivity index (χ0) is 19.6. The smallest absolute Gasteiger partial charge is 0.251 e. The lowest BCUT2D eigenvalue weighted by Crippen LogP contribution is -2.68. The number of nitrogens with two attached hydrogens (primary N) is 1. The van der Waals surface area contributed by atoms with Crippen molar-refractivity contribution in [3.8, 4) is 0 Å². The Hall–Kier alpha value is -2.18. The zero-order valence-corrected chi connectivity index (χ0v) is 16.6. The number of aryl methyl sites for hydroxylation is 2. The summed E-state index contributed by atoms with van der Waals surface area (Å²) in [5, 5.41) is 7.88. The fourth-order valence-corrected chi connectivity index (χ4v) is 5.53. The maximum atomic E-state index is 13.1. The number of benzene rings is 1. The van der Waals surface area contributed by atoms with Crippen molar-refractivity contribution < 1.29 is 9.53 Å². The molecular formula is C22H28N4O2. The molecular weight excluding hydrogens is 352 g/mol. The van der Waals surface area contributed by atoms with E-state index in [2.05, 4.69) is 16.5 Å². The van der Waals surface area contributed by atoms with E-state index in [-0.39, 0.29) is 22.6 Å². The van der Waals surface area contributed by atoms with Gasteiger partial charge in [0.2, 0.25) is 0 Å². The summed E-state index contributed by atoms with van der Waals surface area (Å²) < 4.78 is 8.38. The van der Waals surface area contributed by atoms with E-state index in [0.717, 1.165) is 49.1 Å². The Bertz CT molecular complexity index is 938. The lowest BCUT2D eigenvalue weighted by molar-refractivity contribution is -0.105. The Kier molecular flexibility index (Phi) is 3.77. The third-order valence-corrected chi connectivity index (χ3v) is 7.04. The van der Waals surface area contributed by atoms with Crippen LogP contribution in [0.5, 0.6) is 0 Å². The molecule has 2 aromatic rings. The van der Waals surface area contributed by atoms with E-state index in [4.69, 9.17) is 10.5 Å². The number of hydrogen-bond acceptors (Lipinski definition) is 4. The van der Waals surface area contributed by atoms with Gasteiger partial charge in [-0.25, -0.2) is 0 Å². The first-order chi connectivity index (χ1) is 13.4. The number of aromatic nitrogens is 2. The van der Waals surface area contributed by atoms with Gasteiger partial charge in [0.15, 0.2) is 0 Å². The van der Waals surface area contributed by atoms with Gasteiger partial charge in [-0.2, -0.15) is 5.10 Å². The molecule has 3 N–H and O–H groups in total. The average Bonchev–Trinajstić information content (AvgIpc) is 3.19. The highest BCUT2D eigenvalue weighted by Gasteiger charge is 2.76. The van der Waals surface area contributed by atoms with Crippen LogP contribution in [-0.4, -0.2) is 39.0 Å². The van der Waals surface area contributed by atoms with Crippen molar-refractivity contribution in [3.05, 3.63) is 52.8 Å². The van der Waals surface area contributed by atoms with Crippen molar-refractivity contribution in [2.24, 2.45) is 5.73 Å². The molecule has 1 spiro atoms. The molecule has 6 nitrogen and oxygen atoms in total. The normalized spacial score (nSPS) is 29.4. The summed E-state index contributed by atoms with van der Waals surface area (Å²) in [5.41, 5.74) is 9.21. The van der Waals surface area contributed by atoms with E-state index >= 15 is 0 Å². The van der Waals surface area contributed by atoms with Crippen molar-refractivity contribution >= 4 is 5.91 Å². The summed E-state index contributed by atoms with van der Waals surface area (Å²) in [6.07, 6.45) is 4.89. The molecule has 0 radical (unpaired) electrons. The van der Waals surface area contributed by atoms with Gasteiger partial charge in [-0.15, -0.1) is 0 Å². The molecule has 1 amide bonds. The van der Waals surface area contributed by atoms with E-state index in [0.29, 0.717) is 18.7 Å². The quantitative estimate of drug-likeness (QED) is 0.835. The Labute approximate surface area is 165 Å². The molecule has 0 unspecified atom stereocenters. The molecule has 2 bridgehead atoms. The molecule has 4 aliphatic rings. The second kappa shape index (κ2) is 5.91. The van der Waals surface area contributed by atoms with E-state index in [1.54, 1.807) is 0 Å². The highest BCUT2D eigenvalue weighted by atomic mass is 16.5. The van der Waals surface area contributed by atoms with Crippen molar-refractivity contribution in [2.45, 2.75) is 69.2 Å². The van der Waals surface area contributed by atoms with Crippen LogP contribution in [-0.2, 0) is 11.3 Å². The minimum Gasteiger partial charge on any atom is -0.365 e. The molecule has 2 saturated heterocycles. The second-order valence-electron chi connectivity index (χ2n) is 9.01. The predicted octanol–water partition coefficient (Wildman–Crippen LogP) is 2.46. The van der Waals surface area contributed by atoms with E-state index in [9.17, 15) is 4.79 Å². The van der Waals surface area contributed by atoms with Gasteiger partial charge in [-0.1, -0.05) is 12.1 Å². The Morgan fingerprint density at radius 2 is 2.07 bits per heavy atom. The van der Waals surface area contributed by atoms with Crippen LogP contribution < -0.4 is 11.1 Å². The molecule has 6 rings (SSSR count).